The van der Waals surface area contributed by atoms with Gasteiger partial charge in [0, 0.05) is 51.9 Å². The number of rotatable bonds is 8. The molecule has 2 fully saturated rings. The molecule has 12 heteroatoms. The number of hydrogen-bond donors (Lipinski definition) is 2. The van der Waals surface area contributed by atoms with Gasteiger partial charge in [-0.1, -0.05) is 6.07 Å². The summed E-state index contributed by atoms with van der Waals surface area (Å²) in [6.45, 7) is 9.32. The average Bonchev–Trinajstić information content (AvgIpc) is 3.12. The molecule has 3 heterocycles. The van der Waals surface area contributed by atoms with Crippen LogP contribution in [0.1, 0.15) is 60.7 Å². The third-order valence-electron chi connectivity index (χ3n) is 6.88. The summed E-state index contributed by atoms with van der Waals surface area (Å²) in [5.74, 6) is -2.13. The molecular formula is C27H37N5O7. The molecule has 1 aromatic rings. The van der Waals surface area contributed by atoms with Gasteiger partial charge in [-0.15, -0.1) is 0 Å². The van der Waals surface area contributed by atoms with Crippen molar-refractivity contribution >= 4 is 35.4 Å². The molecule has 4 rings (SSSR count). The summed E-state index contributed by atoms with van der Waals surface area (Å²) in [5, 5.41) is 5.47. The van der Waals surface area contributed by atoms with E-state index in [1.165, 1.54) is 0 Å². The highest BCUT2D eigenvalue weighted by Gasteiger charge is 2.45. The SMILES string of the molecule is CN(CCCN1CCO[C@@H](CNc2cccc3c2C(=O)N(C2CCC(=O)NC2=O)C3=O)C1)C(=O)OC(C)(C)C. The fraction of sp³-hybridized carbons (Fsp3) is 0.593. The summed E-state index contributed by atoms with van der Waals surface area (Å²) < 4.78 is 11.3. The molecule has 5 amide bonds. The van der Waals surface area contributed by atoms with Crippen LogP contribution in [0.2, 0.25) is 0 Å². The first-order chi connectivity index (χ1) is 18.4. The van der Waals surface area contributed by atoms with Crippen molar-refractivity contribution < 1.29 is 33.4 Å². The Hall–Kier alpha value is -3.51. The number of imide groups is 2. The number of hydrogen-bond acceptors (Lipinski definition) is 9. The Labute approximate surface area is 227 Å². The minimum absolute atomic E-state index is 0.0712. The fourth-order valence-electron chi connectivity index (χ4n) is 4.96. The summed E-state index contributed by atoms with van der Waals surface area (Å²) >= 11 is 0. The van der Waals surface area contributed by atoms with Crippen LogP contribution < -0.4 is 10.6 Å². The molecule has 0 spiro atoms. The molecule has 1 unspecified atom stereocenters. The molecule has 12 nitrogen and oxygen atoms in total. The van der Waals surface area contributed by atoms with E-state index in [4.69, 9.17) is 9.47 Å². The maximum Gasteiger partial charge on any atom is 0.410 e. The van der Waals surface area contributed by atoms with E-state index in [1.54, 1.807) is 30.1 Å². The van der Waals surface area contributed by atoms with Gasteiger partial charge >= 0.3 is 6.09 Å². The van der Waals surface area contributed by atoms with Gasteiger partial charge in [0.2, 0.25) is 11.8 Å². The van der Waals surface area contributed by atoms with E-state index in [9.17, 15) is 24.0 Å². The maximum atomic E-state index is 13.3. The smallest absolute Gasteiger partial charge is 0.410 e. The van der Waals surface area contributed by atoms with Crippen LogP contribution in [0.3, 0.4) is 0 Å². The molecule has 0 aliphatic carbocycles. The lowest BCUT2D eigenvalue weighted by molar-refractivity contribution is -0.136. The van der Waals surface area contributed by atoms with E-state index in [0.29, 0.717) is 31.9 Å². The van der Waals surface area contributed by atoms with Gasteiger partial charge in [0.1, 0.15) is 11.6 Å². The Morgan fingerprint density at radius 1 is 1.21 bits per heavy atom. The Kier molecular flexibility index (Phi) is 8.55. The lowest BCUT2D eigenvalue weighted by Gasteiger charge is -2.33. The molecular weight excluding hydrogens is 506 g/mol. The molecule has 2 saturated heterocycles. The number of fused-ring (bicyclic) bond motifs is 1. The predicted molar refractivity (Wildman–Crippen MR) is 141 cm³/mol. The number of morpholine rings is 1. The van der Waals surface area contributed by atoms with Gasteiger partial charge < -0.3 is 19.7 Å². The maximum absolute atomic E-state index is 13.3. The second-order valence-electron chi connectivity index (χ2n) is 11.1. The Morgan fingerprint density at radius 3 is 2.69 bits per heavy atom. The zero-order chi connectivity index (χ0) is 28.3. The van der Waals surface area contributed by atoms with Gasteiger partial charge in [-0.3, -0.25) is 34.3 Å². The number of carbonyl (C=O) groups is 5. The van der Waals surface area contributed by atoms with E-state index >= 15 is 0 Å². The molecule has 0 saturated carbocycles. The summed E-state index contributed by atoms with van der Waals surface area (Å²) in [7, 11) is 1.73. The molecule has 0 bridgehead atoms. The first-order valence-electron chi connectivity index (χ1n) is 13.3. The highest BCUT2D eigenvalue weighted by atomic mass is 16.6. The number of benzene rings is 1. The number of piperidine rings is 1. The van der Waals surface area contributed by atoms with Gasteiger partial charge in [-0.2, -0.15) is 0 Å². The Bertz CT molecular complexity index is 1150. The van der Waals surface area contributed by atoms with Crippen LogP contribution in [-0.4, -0.2) is 109 Å². The minimum Gasteiger partial charge on any atom is -0.444 e. The fourth-order valence-corrected chi connectivity index (χ4v) is 4.96. The van der Waals surface area contributed by atoms with Crippen LogP contribution in [-0.2, 0) is 19.1 Å². The topological polar surface area (TPSA) is 138 Å². The van der Waals surface area contributed by atoms with Crippen LogP contribution in [0, 0.1) is 0 Å². The van der Waals surface area contributed by atoms with E-state index < -0.39 is 35.3 Å². The number of anilines is 1. The highest BCUT2D eigenvalue weighted by Crippen LogP contribution is 2.32. The quantitative estimate of drug-likeness (QED) is 0.467. The molecule has 2 N–H and O–H groups in total. The molecule has 3 aliphatic heterocycles. The van der Waals surface area contributed by atoms with Crippen molar-refractivity contribution in [2.75, 3.05) is 51.7 Å². The molecule has 3 aliphatic rings. The van der Waals surface area contributed by atoms with Crippen molar-refractivity contribution in [3.8, 4) is 0 Å². The average molecular weight is 544 g/mol. The zero-order valence-electron chi connectivity index (χ0n) is 23.0. The zero-order valence-corrected chi connectivity index (χ0v) is 23.0. The molecule has 0 aromatic heterocycles. The molecule has 0 radical (unpaired) electrons. The van der Waals surface area contributed by atoms with Crippen molar-refractivity contribution in [2.24, 2.45) is 0 Å². The highest BCUT2D eigenvalue weighted by molar-refractivity contribution is 6.25. The van der Waals surface area contributed by atoms with Crippen LogP contribution >= 0.6 is 0 Å². The summed E-state index contributed by atoms with van der Waals surface area (Å²) in [6, 6.07) is 3.98. The van der Waals surface area contributed by atoms with Crippen molar-refractivity contribution in [3.05, 3.63) is 29.3 Å². The molecule has 2 atom stereocenters. The third kappa shape index (κ3) is 6.74. The van der Waals surface area contributed by atoms with Crippen molar-refractivity contribution in [3.63, 3.8) is 0 Å². The largest absolute Gasteiger partial charge is 0.444 e. The van der Waals surface area contributed by atoms with E-state index in [0.717, 1.165) is 24.4 Å². The molecule has 39 heavy (non-hydrogen) atoms. The minimum atomic E-state index is -1.01. The first-order valence-corrected chi connectivity index (χ1v) is 13.3. The number of nitrogens with one attached hydrogen (secondary N) is 2. The van der Waals surface area contributed by atoms with E-state index in [2.05, 4.69) is 15.5 Å². The van der Waals surface area contributed by atoms with Crippen LogP contribution in [0.4, 0.5) is 10.5 Å². The van der Waals surface area contributed by atoms with Gasteiger partial charge in [-0.25, -0.2) is 4.79 Å². The number of nitrogens with zero attached hydrogens (tertiary/aromatic N) is 3. The second kappa shape index (κ2) is 11.7. The second-order valence-corrected chi connectivity index (χ2v) is 11.1. The van der Waals surface area contributed by atoms with E-state index in [1.807, 2.05) is 20.8 Å². The van der Waals surface area contributed by atoms with Gasteiger partial charge in [0.15, 0.2) is 0 Å². The van der Waals surface area contributed by atoms with Crippen molar-refractivity contribution in [1.82, 2.24) is 20.0 Å². The summed E-state index contributed by atoms with van der Waals surface area (Å²) in [4.78, 5) is 67.2. The van der Waals surface area contributed by atoms with Crippen molar-refractivity contribution in [2.45, 2.75) is 57.8 Å². The normalized spacial score (nSPS) is 22.0. The predicted octanol–water partition coefficient (Wildman–Crippen LogP) is 1.46. The van der Waals surface area contributed by atoms with Crippen LogP contribution in [0.15, 0.2) is 18.2 Å². The lowest BCUT2D eigenvalue weighted by atomic mass is 10.0. The first kappa shape index (κ1) is 28.5. The number of amides is 5. The number of carbonyl (C=O) groups excluding carboxylic acids is 5. The lowest BCUT2D eigenvalue weighted by Crippen LogP contribution is -2.54. The Morgan fingerprint density at radius 2 is 1.97 bits per heavy atom. The van der Waals surface area contributed by atoms with Gasteiger partial charge in [0.25, 0.3) is 11.8 Å². The van der Waals surface area contributed by atoms with Gasteiger partial charge in [-0.05, 0) is 45.7 Å². The third-order valence-corrected chi connectivity index (χ3v) is 6.88. The summed E-state index contributed by atoms with van der Waals surface area (Å²) in [5.41, 5.74) is 0.427. The van der Waals surface area contributed by atoms with Gasteiger partial charge in [0.05, 0.1) is 23.8 Å². The number of ether oxygens (including phenoxy) is 2. The van der Waals surface area contributed by atoms with Crippen LogP contribution in [0.25, 0.3) is 0 Å². The molecule has 212 valence electrons. The molecule has 1 aromatic carbocycles. The van der Waals surface area contributed by atoms with Crippen molar-refractivity contribution in [1.29, 1.82) is 0 Å². The van der Waals surface area contributed by atoms with Crippen LogP contribution in [0.5, 0.6) is 0 Å². The van der Waals surface area contributed by atoms with E-state index in [-0.39, 0.29) is 36.2 Å². The Balaban J connectivity index is 1.31. The standard InChI is InChI=1S/C27H37N5O7/c1-27(2,3)39-26(37)30(4)11-6-12-31-13-14-38-17(16-31)15-28-19-8-5-7-18-22(19)25(36)32(24(18)35)20-9-10-21(33)29-23(20)34/h5,7-8,17,20,28H,6,9-16H2,1-4H3,(H,29,33,34)/t17-,20?/m0/s1. The monoisotopic (exact) mass is 543 g/mol. The summed E-state index contributed by atoms with van der Waals surface area (Å²) in [6.07, 6.45) is 0.484.